The summed E-state index contributed by atoms with van der Waals surface area (Å²) >= 11 is 0. The third-order valence-electron chi connectivity index (χ3n) is 3.87. The molecule has 0 spiro atoms. The number of nitrogens with zero attached hydrogens (tertiary/aromatic N) is 3. The van der Waals surface area contributed by atoms with Gasteiger partial charge in [-0.25, -0.2) is 0 Å². The number of hydrogen-bond donors (Lipinski definition) is 1. The Labute approximate surface area is 156 Å². The molecule has 7 heteroatoms. The molecule has 27 heavy (non-hydrogen) atoms. The van der Waals surface area contributed by atoms with E-state index in [2.05, 4.69) is 10.3 Å². The van der Waals surface area contributed by atoms with Crippen LogP contribution < -0.4 is 10.1 Å². The van der Waals surface area contributed by atoms with E-state index in [1.165, 1.54) is 12.1 Å². The molecule has 0 radical (unpaired) electrons. The van der Waals surface area contributed by atoms with Gasteiger partial charge in [-0.3, -0.25) is 15.1 Å². The van der Waals surface area contributed by atoms with Gasteiger partial charge in [0.05, 0.1) is 16.2 Å². The molecule has 1 heterocycles. The SMILES string of the molecule is N#Cc1cc([N+](=O)[O-])ccc1NCc1ccc(OCc2cccnc2)cc1. The van der Waals surface area contributed by atoms with Gasteiger partial charge in [0.1, 0.15) is 18.4 Å². The number of pyridine rings is 1. The Morgan fingerprint density at radius 2 is 1.96 bits per heavy atom. The quantitative estimate of drug-likeness (QED) is 0.504. The fourth-order valence-corrected chi connectivity index (χ4v) is 2.44. The van der Waals surface area contributed by atoms with Crippen LogP contribution in [0.5, 0.6) is 5.75 Å². The molecule has 0 aliphatic carbocycles. The molecule has 3 aromatic rings. The molecule has 0 fully saturated rings. The Morgan fingerprint density at radius 1 is 1.15 bits per heavy atom. The largest absolute Gasteiger partial charge is 0.489 e. The van der Waals surface area contributed by atoms with Crippen molar-refractivity contribution in [3.63, 3.8) is 0 Å². The summed E-state index contributed by atoms with van der Waals surface area (Å²) in [6.07, 6.45) is 3.48. The predicted octanol–water partition coefficient (Wildman–Crippen LogP) is 4.05. The monoisotopic (exact) mass is 360 g/mol. The zero-order chi connectivity index (χ0) is 19.1. The fraction of sp³-hybridized carbons (Fsp3) is 0.100. The normalized spacial score (nSPS) is 10.0. The van der Waals surface area contributed by atoms with Crippen LogP contribution in [0.25, 0.3) is 0 Å². The molecule has 0 amide bonds. The lowest BCUT2D eigenvalue weighted by molar-refractivity contribution is -0.384. The molecule has 0 saturated carbocycles. The van der Waals surface area contributed by atoms with Crippen LogP contribution in [-0.2, 0) is 13.2 Å². The first-order valence-corrected chi connectivity index (χ1v) is 8.19. The molecule has 1 N–H and O–H groups in total. The van der Waals surface area contributed by atoms with Gasteiger partial charge in [0.15, 0.2) is 0 Å². The Kier molecular flexibility index (Phi) is 5.60. The highest BCUT2D eigenvalue weighted by atomic mass is 16.6. The van der Waals surface area contributed by atoms with E-state index in [9.17, 15) is 15.4 Å². The molecule has 0 aliphatic heterocycles. The minimum Gasteiger partial charge on any atom is -0.489 e. The van der Waals surface area contributed by atoms with E-state index in [4.69, 9.17) is 4.74 Å². The van der Waals surface area contributed by atoms with E-state index >= 15 is 0 Å². The second-order valence-electron chi connectivity index (χ2n) is 5.75. The van der Waals surface area contributed by atoms with Crippen molar-refractivity contribution in [3.05, 3.63) is 93.8 Å². The van der Waals surface area contributed by atoms with E-state index in [-0.39, 0.29) is 11.3 Å². The summed E-state index contributed by atoms with van der Waals surface area (Å²) in [4.78, 5) is 14.3. The molecular weight excluding hydrogens is 344 g/mol. The molecule has 0 atom stereocenters. The van der Waals surface area contributed by atoms with Crippen molar-refractivity contribution in [2.75, 3.05) is 5.32 Å². The maximum atomic E-state index is 10.8. The van der Waals surface area contributed by atoms with Gasteiger partial charge in [-0.2, -0.15) is 5.26 Å². The molecular formula is C20H16N4O3. The second kappa shape index (κ2) is 8.45. The van der Waals surface area contributed by atoms with Crippen molar-refractivity contribution in [1.82, 2.24) is 4.98 Å². The molecule has 3 rings (SSSR count). The smallest absolute Gasteiger partial charge is 0.270 e. The van der Waals surface area contributed by atoms with Crippen molar-refractivity contribution >= 4 is 11.4 Å². The van der Waals surface area contributed by atoms with Crippen molar-refractivity contribution in [1.29, 1.82) is 5.26 Å². The summed E-state index contributed by atoms with van der Waals surface area (Å²) in [5.74, 6) is 0.746. The van der Waals surface area contributed by atoms with Gasteiger partial charge >= 0.3 is 0 Å². The van der Waals surface area contributed by atoms with Crippen LogP contribution in [0.4, 0.5) is 11.4 Å². The third kappa shape index (κ3) is 4.80. The van der Waals surface area contributed by atoms with E-state index < -0.39 is 4.92 Å². The number of non-ortho nitro benzene ring substituents is 1. The minimum atomic E-state index is -0.519. The summed E-state index contributed by atoms with van der Waals surface area (Å²) in [5.41, 5.74) is 2.67. The van der Waals surface area contributed by atoms with Crippen LogP contribution in [0.1, 0.15) is 16.7 Å². The molecule has 2 aromatic carbocycles. The third-order valence-corrected chi connectivity index (χ3v) is 3.87. The van der Waals surface area contributed by atoms with Gasteiger partial charge in [0, 0.05) is 36.6 Å². The van der Waals surface area contributed by atoms with Gasteiger partial charge in [-0.05, 0) is 29.8 Å². The number of nitrogens with one attached hydrogen (secondary N) is 1. The lowest BCUT2D eigenvalue weighted by Gasteiger charge is -2.10. The molecule has 7 nitrogen and oxygen atoms in total. The van der Waals surface area contributed by atoms with Crippen LogP contribution >= 0.6 is 0 Å². The number of anilines is 1. The molecule has 0 unspecified atom stereocenters. The number of benzene rings is 2. The van der Waals surface area contributed by atoms with Crippen molar-refractivity contribution < 1.29 is 9.66 Å². The Morgan fingerprint density at radius 3 is 2.63 bits per heavy atom. The molecule has 0 bridgehead atoms. The maximum Gasteiger partial charge on any atom is 0.270 e. The predicted molar refractivity (Wildman–Crippen MR) is 100 cm³/mol. The first-order valence-electron chi connectivity index (χ1n) is 8.19. The van der Waals surface area contributed by atoms with Crippen molar-refractivity contribution in [2.24, 2.45) is 0 Å². The van der Waals surface area contributed by atoms with Gasteiger partial charge in [-0.1, -0.05) is 18.2 Å². The topological polar surface area (TPSA) is 101 Å². The van der Waals surface area contributed by atoms with Crippen LogP contribution in [-0.4, -0.2) is 9.91 Å². The zero-order valence-corrected chi connectivity index (χ0v) is 14.3. The van der Waals surface area contributed by atoms with Gasteiger partial charge in [-0.15, -0.1) is 0 Å². The number of ether oxygens (including phenoxy) is 1. The first-order chi connectivity index (χ1) is 13.2. The highest BCUT2D eigenvalue weighted by Crippen LogP contribution is 2.22. The van der Waals surface area contributed by atoms with E-state index in [1.807, 2.05) is 42.5 Å². The number of hydrogen-bond acceptors (Lipinski definition) is 6. The first kappa shape index (κ1) is 17.9. The lowest BCUT2D eigenvalue weighted by atomic mass is 10.1. The second-order valence-corrected chi connectivity index (χ2v) is 5.75. The number of rotatable bonds is 7. The van der Waals surface area contributed by atoms with Crippen LogP contribution in [0.15, 0.2) is 67.0 Å². The maximum absolute atomic E-state index is 10.8. The number of aromatic nitrogens is 1. The standard InChI is InChI=1S/C20H16N4O3/c21-11-17-10-18(24(25)26)5-8-20(17)23-13-15-3-6-19(7-4-15)27-14-16-2-1-9-22-12-16/h1-10,12,23H,13-14H2. The molecule has 0 saturated heterocycles. The van der Waals surface area contributed by atoms with Gasteiger partial charge in [0.25, 0.3) is 5.69 Å². The zero-order valence-electron chi connectivity index (χ0n) is 14.3. The summed E-state index contributed by atoms with van der Waals surface area (Å²) in [7, 11) is 0. The van der Waals surface area contributed by atoms with Crippen LogP contribution in [0.3, 0.4) is 0 Å². The summed E-state index contributed by atoms with van der Waals surface area (Å²) in [6.45, 7) is 0.926. The van der Waals surface area contributed by atoms with E-state index in [1.54, 1.807) is 18.5 Å². The van der Waals surface area contributed by atoms with E-state index in [0.29, 0.717) is 18.8 Å². The average molecular weight is 360 g/mol. The summed E-state index contributed by atoms with van der Waals surface area (Å²) in [5, 5.41) is 23.1. The van der Waals surface area contributed by atoms with Crippen molar-refractivity contribution in [2.45, 2.75) is 13.2 Å². The average Bonchev–Trinajstić information content (AvgIpc) is 2.72. The Balaban J connectivity index is 1.59. The van der Waals surface area contributed by atoms with Gasteiger partial charge in [0.2, 0.25) is 0 Å². The summed E-state index contributed by atoms with van der Waals surface area (Å²) in [6, 6.07) is 17.5. The fourth-order valence-electron chi connectivity index (χ4n) is 2.44. The van der Waals surface area contributed by atoms with Crippen molar-refractivity contribution in [3.8, 4) is 11.8 Å². The van der Waals surface area contributed by atoms with Crippen LogP contribution in [0.2, 0.25) is 0 Å². The highest BCUT2D eigenvalue weighted by Gasteiger charge is 2.10. The Bertz CT molecular complexity index is 967. The Hall–Kier alpha value is -3.92. The number of nitro groups is 1. The van der Waals surface area contributed by atoms with E-state index in [0.717, 1.165) is 16.9 Å². The van der Waals surface area contributed by atoms with Crippen LogP contribution in [0, 0.1) is 21.4 Å². The molecule has 1 aromatic heterocycles. The molecule has 134 valence electrons. The minimum absolute atomic E-state index is 0.104. The molecule has 0 aliphatic rings. The highest BCUT2D eigenvalue weighted by molar-refractivity contribution is 5.61. The van der Waals surface area contributed by atoms with Gasteiger partial charge < -0.3 is 10.1 Å². The number of nitriles is 1. The lowest BCUT2D eigenvalue weighted by Crippen LogP contribution is -2.02. The summed E-state index contributed by atoms with van der Waals surface area (Å²) < 4.78 is 5.71. The number of nitro benzene ring substituents is 1.